The van der Waals surface area contributed by atoms with E-state index in [9.17, 15) is 18.0 Å². The molecular formula is C22H32F3N3O5Si. The maximum atomic E-state index is 12.4. The molecule has 1 aromatic heterocycles. The highest BCUT2D eigenvalue weighted by molar-refractivity contribution is 6.74. The maximum absolute atomic E-state index is 12.4. The van der Waals surface area contributed by atoms with Crippen LogP contribution in [0.25, 0.3) is 11.5 Å². The van der Waals surface area contributed by atoms with Crippen molar-refractivity contribution in [2.24, 2.45) is 0 Å². The molecule has 12 heteroatoms. The van der Waals surface area contributed by atoms with Gasteiger partial charge in [0.2, 0.25) is 11.8 Å². The SMILES string of the molecule is CC(C)(C)OC(=O)N[C@@H](CO[Si](C)(C)C(C)(C)C)c1nnc(-c2ccc(OC(F)(F)F)cc2)o1. The lowest BCUT2D eigenvalue weighted by atomic mass is 10.2. The minimum Gasteiger partial charge on any atom is -0.444 e. The Balaban J connectivity index is 2.24. The highest BCUT2D eigenvalue weighted by Gasteiger charge is 2.38. The van der Waals surface area contributed by atoms with Crippen LogP contribution in [0.3, 0.4) is 0 Å². The number of benzene rings is 1. The summed E-state index contributed by atoms with van der Waals surface area (Å²) in [4.78, 5) is 12.4. The number of carbonyl (C=O) groups is 1. The van der Waals surface area contributed by atoms with E-state index < -0.39 is 32.4 Å². The molecule has 0 spiro atoms. The van der Waals surface area contributed by atoms with Gasteiger partial charge in [0.1, 0.15) is 17.4 Å². The first-order valence-electron chi connectivity index (χ1n) is 10.7. The minimum atomic E-state index is -4.79. The summed E-state index contributed by atoms with van der Waals surface area (Å²) < 4.78 is 58.3. The van der Waals surface area contributed by atoms with Gasteiger partial charge in [0, 0.05) is 5.56 Å². The number of hydrogen-bond acceptors (Lipinski definition) is 7. The summed E-state index contributed by atoms with van der Waals surface area (Å²) in [7, 11) is -2.17. The van der Waals surface area contributed by atoms with Gasteiger partial charge in [-0.25, -0.2) is 4.79 Å². The van der Waals surface area contributed by atoms with E-state index in [4.69, 9.17) is 13.6 Å². The van der Waals surface area contributed by atoms with E-state index in [0.717, 1.165) is 12.1 Å². The fourth-order valence-electron chi connectivity index (χ4n) is 2.42. The third-order valence-electron chi connectivity index (χ3n) is 5.18. The molecule has 0 aliphatic carbocycles. The van der Waals surface area contributed by atoms with Crippen molar-refractivity contribution in [1.82, 2.24) is 15.5 Å². The molecule has 0 saturated carbocycles. The van der Waals surface area contributed by atoms with Crippen LogP contribution in [0.5, 0.6) is 5.75 Å². The molecule has 8 nitrogen and oxygen atoms in total. The standard InChI is InChI=1S/C22H32F3N3O5Si/c1-20(2,3)33-19(29)26-16(13-30-34(7,8)21(4,5)6)18-28-27-17(31-18)14-9-11-15(12-10-14)32-22(23,24)25/h9-12,16H,13H2,1-8H3,(H,26,29)/t16-/m0/s1. The Labute approximate surface area is 198 Å². The molecule has 1 atom stereocenters. The van der Waals surface area contributed by atoms with E-state index in [0.29, 0.717) is 5.56 Å². The van der Waals surface area contributed by atoms with Crippen LogP contribution in [0.1, 0.15) is 53.5 Å². The third kappa shape index (κ3) is 8.31. The van der Waals surface area contributed by atoms with Crippen molar-refractivity contribution in [1.29, 1.82) is 0 Å². The summed E-state index contributed by atoms with van der Waals surface area (Å²) in [5, 5.41) is 10.6. The third-order valence-corrected chi connectivity index (χ3v) is 9.68. The Morgan fingerprint density at radius 3 is 2.15 bits per heavy atom. The Bertz CT molecular complexity index is 964. The first-order valence-corrected chi connectivity index (χ1v) is 13.6. The number of aromatic nitrogens is 2. The molecule has 0 aliphatic rings. The Kier molecular flexibility index (Phi) is 8.08. The number of amides is 1. The molecule has 0 radical (unpaired) electrons. The first kappa shape index (κ1) is 27.6. The summed E-state index contributed by atoms with van der Waals surface area (Å²) in [6.07, 6.45) is -5.46. The lowest BCUT2D eigenvalue weighted by Crippen LogP contribution is -2.44. The molecule has 0 aliphatic heterocycles. The number of nitrogens with zero attached hydrogens (tertiary/aromatic N) is 2. The van der Waals surface area contributed by atoms with E-state index in [1.807, 2.05) is 0 Å². The molecule has 190 valence electrons. The number of rotatable bonds is 7. The fraction of sp³-hybridized carbons (Fsp3) is 0.591. The van der Waals surface area contributed by atoms with Gasteiger partial charge in [-0.1, -0.05) is 20.8 Å². The van der Waals surface area contributed by atoms with Crippen molar-refractivity contribution in [2.45, 2.75) is 77.7 Å². The van der Waals surface area contributed by atoms with Crippen molar-refractivity contribution < 1.29 is 36.3 Å². The zero-order valence-corrected chi connectivity index (χ0v) is 21.7. The lowest BCUT2D eigenvalue weighted by molar-refractivity contribution is -0.274. The van der Waals surface area contributed by atoms with Gasteiger partial charge in [0.15, 0.2) is 8.32 Å². The Morgan fingerprint density at radius 1 is 1.06 bits per heavy atom. The molecule has 1 amide bonds. The van der Waals surface area contributed by atoms with Crippen molar-refractivity contribution in [3.05, 3.63) is 30.2 Å². The number of halogens is 3. The Morgan fingerprint density at radius 2 is 1.65 bits per heavy atom. The number of carbonyl (C=O) groups excluding carboxylic acids is 1. The van der Waals surface area contributed by atoms with Crippen LogP contribution < -0.4 is 10.1 Å². The summed E-state index contributed by atoms with van der Waals surface area (Å²) in [5.41, 5.74) is -0.329. The predicted octanol–water partition coefficient (Wildman–Crippen LogP) is 6.22. The van der Waals surface area contributed by atoms with Crippen LogP contribution in [-0.2, 0) is 9.16 Å². The van der Waals surface area contributed by atoms with Gasteiger partial charge in [-0.15, -0.1) is 23.4 Å². The van der Waals surface area contributed by atoms with Crippen LogP contribution in [0, 0.1) is 0 Å². The van der Waals surface area contributed by atoms with E-state index >= 15 is 0 Å². The average molecular weight is 504 g/mol. The topological polar surface area (TPSA) is 95.7 Å². The molecule has 0 saturated heterocycles. The predicted molar refractivity (Wildman–Crippen MR) is 122 cm³/mol. The molecule has 34 heavy (non-hydrogen) atoms. The minimum absolute atomic E-state index is 0.0658. The van der Waals surface area contributed by atoms with Crippen LogP contribution in [0.4, 0.5) is 18.0 Å². The van der Waals surface area contributed by atoms with Gasteiger partial charge in [0.05, 0.1) is 6.61 Å². The number of alkyl halides is 3. The zero-order chi connectivity index (χ0) is 25.9. The van der Waals surface area contributed by atoms with E-state index in [1.165, 1.54) is 12.1 Å². The lowest BCUT2D eigenvalue weighted by Gasteiger charge is -2.37. The van der Waals surface area contributed by atoms with Crippen molar-refractivity contribution in [2.75, 3.05) is 6.61 Å². The van der Waals surface area contributed by atoms with E-state index in [1.54, 1.807) is 20.8 Å². The van der Waals surface area contributed by atoms with E-state index in [2.05, 4.69) is 54.1 Å². The quantitative estimate of drug-likeness (QED) is 0.448. The maximum Gasteiger partial charge on any atom is 0.573 e. The molecule has 1 heterocycles. The summed E-state index contributed by atoms with van der Waals surface area (Å²) in [6.45, 7) is 15.7. The van der Waals surface area contributed by atoms with Gasteiger partial charge in [-0.2, -0.15) is 0 Å². The highest BCUT2D eigenvalue weighted by atomic mass is 28.4. The van der Waals surface area contributed by atoms with Crippen molar-refractivity contribution in [3.8, 4) is 17.2 Å². The normalized spacial score (nSPS) is 14.0. The molecule has 1 N–H and O–H groups in total. The Hall–Kier alpha value is -2.60. The molecule has 2 rings (SSSR count). The smallest absolute Gasteiger partial charge is 0.444 e. The van der Waals surface area contributed by atoms with E-state index in [-0.39, 0.29) is 29.2 Å². The van der Waals surface area contributed by atoms with Crippen LogP contribution in [0.2, 0.25) is 18.1 Å². The molecule has 0 fully saturated rings. The largest absolute Gasteiger partial charge is 0.573 e. The zero-order valence-electron chi connectivity index (χ0n) is 20.7. The molecule has 1 aromatic carbocycles. The monoisotopic (exact) mass is 503 g/mol. The summed E-state index contributed by atoms with van der Waals surface area (Å²) in [6, 6.07) is 4.22. The second-order valence-corrected chi connectivity index (χ2v) is 15.1. The number of ether oxygens (including phenoxy) is 2. The van der Waals surface area contributed by atoms with Gasteiger partial charge < -0.3 is 23.6 Å². The molecule has 2 aromatic rings. The van der Waals surface area contributed by atoms with Crippen LogP contribution in [0.15, 0.2) is 28.7 Å². The average Bonchev–Trinajstić information content (AvgIpc) is 3.12. The van der Waals surface area contributed by atoms with Crippen LogP contribution >= 0.6 is 0 Å². The highest BCUT2D eigenvalue weighted by Crippen LogP contribution is 2.37. The van der Waals surface area contributed by atoms with Crippen molar-refractivity contribution >= 4 is 14.4 Å². The summed E-state index contributed by atoms with van der Waals surface area (Å²) >= 11 is 0. The molecule has 0 unspecified atom stereocenters. The van der Waals surface area contributed by atoms with Gasteiger partial charge in [-0.3, -0.25) is 0 Å². The van der Waals surface area contributed by atoms with Gasteiger partial charge in [0.25, 0.3) is 0 Å². The first-order chi connectivity index (χ1) is 15.4. The number of alkyl carbamates (subject to hydrolysis) is 1. The number of hydrogen-bond donors (Lipinski definition) is 1. The summed E-state index contributed by atoms with van der Waals surface area (Å²) in [5.74, 6) is -0.227. The van der Waals surface area contributed by atoms with Crippen molar-refractivity contribution in [3.63, 3.8) is 0 Å². The second-order valence-electron chi connectivity index (χ2n) is 10.3. The second kappa shape index (κ2) is 9.94. The van der Waals surface area contributed by atoms with Gasteiger partial charge in [-0.05, 0) is 63.2 Å². The fourth-order valence-corrected chi connectivity index (χ4v) is 3.44. The van der Waals surface area contributed by atoms with Crippen LogP contribution in [-0.4, -0.2) is 43.2 Å². The number of nitrogens with one attached hydrogen (secondary N) is 1. The van der Waals surface area contributed by atoms with Gasteiger partial charge >= 0.3 is 12.5 Å². The molecular weight excluding hydrogens is 471 g/mol. The molecule has 0 bridgehead atoms.